The second-order valence-corrected chi connectivity index (χ2v) is 6.40. The van der Waals surface area contributed by atoms with E-state index in [4.69, 9.17) is 11.6 Å². The van der Waals surface area contributed by atoms with Crippen LogP contribution in [0.4, 0.5) is 13.2 Å². The third-order valence-corrected chi connectivity index (χ3v) is 4.48. The van der Waals surface area contributed by atoms with Gasteiger partial charge in [0.05, 0.1) is 5.69 Å². The summed E-state index contributed by atoms with van der Waals surface area (Å²) in [5.41, 5.74) is -1.05. The number of rotatable bonds is 5. The Morgan fingerprint density at radius 3 is 2.11 bits per heavy atom. The number of hydrogen-bond donors (Lipinski definition) is 0. The smallest absolute Gasteiger partial charge is 0.246 e. The van der Waals surface area contributed by atoms with E-state index < -0.39 is 23.7 Å². The quantitative estimate of drug-likeness (QED) is 0.663. The molecule has 0 aliphatic carbocycles. The van der Waals surface area contributed by atoms with Gasteiger partial charge in [-0.05, 0) is 48.2 Å². The molecule has 5 nitrogen and oxygen atoms in total. The summed E-state index contributed by atoms with van der Waals surface area (Å²) in [7, 11) is 1.02. The number of aromatic nitrogens is 3. The zero-order valence-electron chi connectivity index (χ0n) is 14.2. The molecule has 0 spiro atoms. The molecule has 0 saturated carbocycles. The lowest BCUT2D eigenvalue weighted by molar-refractivity contribution is 0.0402. The Labute approximate surface area is 156 Å². The molecule has 0 saturated heterocycles. The fraction of sp³-hybridized carbons (Fsp3) is 0.222. The number of halogens is 4. The van der Waals surface area contributed by atoms with Gasteiger partial charge in [0.15, 0.2) is 0 Å². The van der Waals surface area contributed by atoms with Crippen molar-refractivity contribution in [2.75, 3.05) is 0 Å². The molecule has 3 rings (SSSR count). The van der Waals surface area contributed by atoms with Crippen LogP contribution in [0.15, 0.2) is 52.1 Å². The summed E-state index contributed by atoms with van der Waals surface area (Å²) in [5, 5.41) is 0.622. The Kier molecular flexibility index (Phi) is 5.27. The maximum Gasteiger partial charge on any atom is 0.356 e. The highest BCUT2D eigenvalue weighted by atomic mass is 35.5. The molecular formula is C18H15ClF3N3O2. The predicted molar refractivity (Wildman–Crippen MR) is 95.3 cm³/mol. The topological polar surface area (TPSA) is 48.9 Å². The Morgan fingerprint density at radius 1 is 0.963 bits per heavy atom. The van der Waals surface area contributed by atoms with Gasteiger partial charge in [0.25, 0.3) is 0 Å². The van der Waals surface area contributed by atoms with E-state index >= 15 is 0 Å². The zero-order valence-corrected chi connectivity index (χ0v) is 15.0. The highest BCUT2D eigenvalue weighted by Crippen LogP contribution is 2.16. The van der Waals surface area contributed by atoms with E-state index in [2.05, 4.69) is 0 Å². The molecule has 0 atom stereocenters. The lowest BCUT2D eigenvalue weighted by Crippen LogP contribution is -2.28. The van der Waals surface area contributed by atoms with E-state index in [-0.39, 0.29) is 10.4 Å². The van der Waals surface area contributed by atoms with Crippen molar-refractivity contribution >= 4 is 11.6 Å². The number of alkyl halides is 2. The molecule has 0 aliphatic heterocycles. The highest BCUT2D eigenvalue weighted by molar-refractivity contribution is 6.30. The second-order valence-electron chi connectivity index (χ2n) is 5.96. The molecule has 0 aliphatic rings. The first-order valence-corrected chi connectivity index (χ1v) is 8.39. The van der Waals surface area contributed by atoms with Crippen molar-refractivity contribution in [2.45, 2.75) is 19.4 Å². The third kappa shape index (κ3) is 3.71. The summed E-state index contributed by atoms with van der Waals surface area (Å²) in [6, 6.07) is 11.2. The molecule has 27 heavy (non-hydrogen) atoms. The van der Waals surface area contributed by atoms with Crippen molar-refractivity contribution in [3.05, 3.63) is 85.4 Å². The van der Waals surface area contributed by atoms with Gasteiger partial charge in [0.2, 0.25) is 0 Å². The summed E-state index contributed by atoms with van der Waals surface area (Å²) < 4.78 is 41.2. The van der Waals surface area contributed by atoms with Crippen LogP contribution in [0.1, 0.15) is 17.7 Å². The molecule has 3 aromatic rings. The second kappa shape index (κ2) is 7.48. The standard InChI is InChI=1S/C18H15ClF3N3O2/c1-23-17(26)24(18(27)25(23)16(21)22)15-9-6-12(10-14(15)20)3-2-11-4-7-13(19)8-5-11/h4-10,16H,2-3H2,1H3. The highest BCUT2D eigenvalue weighted by Gasteiger charge is 2.22. The Morgan fingerprint density at radius 2 is 1.56 bits per heavy atom. The fourth-order valence-corrected chi connectivity index (χ4v) is 2.92. The molecule has 9 heteroatoms. The van der Waals surface area contributed by atoms with Crippen LogP contribution in [0.25, 0.3) is 5.69 Å². The van der Waals surface area contributed by atoms with Gasteiger partial charge in [-0.1, -0.05) is 29.8 Å². The molecule has 0 N–H and O–H groups in total. The van der Waals surface area contributed by atoms with Gasteiger partial charge >= 0.3 is 17.9 Å². The van der Waals surface area contributed by atoms with Crippen LogP contribution in [0, 0.1) is 5.82 Å². The van der Waals surface area contributed by atoms with Crippen molar-refractivity contribution in [1.29, 1.82) is 0 Å². The number of nitrogens with zero attached hydrogens (tertiary/aromatic N) is 3. The average Bonchev–Trinajstić information content (AvgIpc) is 2.84. The van der Waals surface area contributed by atoms with Gasteiger partial charge in [-0.2, -0.15) is 13.5 Å². The van der Waals surface area contributed by atoms with Crippen LogP contribution >= 0.6 is 11.6 Å². The SMILES string of the molecule is Cn1c(=O)n(-c2ccc(CCc3ccc(Cl)cc3)cc2F)c(=O)n1C(F)F. The maximum atomic E-state index is 14.5. The summed E-state index contributed by atoms with van der Waals surface area (Å²) in [6.07, 6.45) is 1.16. The molecule has 0 unspecified atom stereocenters. The Bertz CT molecular complexity index is 1080. The zero-order chi connectivity index (χ0) is 19.7. The summed E-state index contributed by atoms with van der Waals surface area (Å²) in [5.74, 6) is -0.838. The van der Waals surface area contributed by atoms with Crippen LogP contribution in [-0.4, -0.2) is 13.9 Å². The molecule has 0 fully saturated rings. The Balaban J connectivity index is 1.90. The first-order valence-electron chi connectivity index (χ1n) is 8.01. The van der Waals surface area contributed by atoms with E-state index in [1.807, 2.05) is 12.1 Å². The molecule has 2 aromatic carbocycles. The number of aryl methyl sites for hydroxylation is 2. The lowest BCUT2D eigenvalue weighted by Gasteiger charge is -2.06. The van der Waals surface area contributed by atoms with Crippen LogP contribution in [0.5, 0.6) is 0 Å². The van der Waals surface area contributed by atoms with E-state index in [0.29, 0.717) is 32.7 Å². The minimum absolute atomic E-state index is 0.0315. The van der Waals surface area contributed by atoms with Crippen molar-refractivity contribution in [2.24, 2.45) is 7.05 Å². The first kappa shape index (κ1) is 19.0. The van der Waals surface area contributed by atoms with Gasteiger partial charge in [-0.25, -0.2) is 23.2 Å². The maximum absolute atomic E-state index is 14.5. The molecule has 142 valence electrons. The lowest BCUT2D eigenvalue weighted by atomic mass is 10.0. The molecular weight excluding hydrogens is 383 g/mol. The summed E-state index contributed by atoms with van der Waals surface area (Å²) in [6.45, 7) is -3.21. The molecule has 0 amide bonds. The minimum atomic E-state index is -3.21. The van der Waals surface area contributed by atoms with Gasteiger partial charge < -0.3 is 0 Å². The predicted octanol–water partition coefficient (Wildman–Crippen LogP) is 3.31. The van der Waals surface area contributed by atoms with Crippen LogP contribution in [0.3, 0.4) is 0 Å². The van der Waals surface area contributed by atoms with Crippen molar-refractivity contribution in [1.82, 2.24) is 13.9 Å². The van der Waals surface area contributed by atoms with E-state index in [0.717, 1.165) is 12.6 Å². The van der Waals surface area contributed by atoms with Crippen molar-refractivity contribution in [3.8, 4) is 5.69 Å². The monoisotopic (exact) mass is 397 g/mol. The largest absolute Gasteiger partial charge is 0.356 e. The van der Waals surface area contributed by atoms with Crippen molar-refractivity contribution < 1.29 is 13.2 Å². The first-order chi connectivity index (χ1) is 12.8. The van der Waals surface area contributed by atoms with Crippen LogP contribution in [-0.2, 0) is 19.9 Å². The molecule has 0 bridgehead atoms. The van der Waals surface area contributed by atoms with Crippen molar-refractivity contribution in [3.63, 3.8) is 0 Å². The van der Waals surface area contributed by atoms with Gasteiger partial charge in [0.1, 0.15) is 5.82 Å². The summed E-state index contributed by atoms with van der Waals surface area (Å²) in [4.78, 5) is 24.2. The fourth-order valence-electron chi connectivity index (χ4n) is 2.80. The van der Waals surface area contributed by atoms with Crippen LogP contribution < -0.4 is 11.4 Å². The molecule has 0 radical (unpaired) electrons. The van der Waals surface area contributed by atoms with E-state index in [1.54, 1.807) is 18.2 Å². The van der Waals surface area contributed by atoms with Gasteiger partial charge in [0, 0.05) is 12.1 Å². The molecule has 1 aromatic heterocycles. The molecule has 1 heterocycles. The van der Waals surface area contributed by atoms with Gasteiger partial charge in [-0.15, -0.1) is 0 Å². The third-order valence-electron chi connectivity index (χ3n) is 4.23. The van der Waals surface area contributed by atoms with E-state index in [9.17, 15) is 22.8 Å². The summed E-state index contributed by atoms with van der Waals surface area (Å²) >= 11 is 5.83. The normalized spacial score (nSPS) is 11.3. The number of hydrogen-bond acceptors (Lipinski definition) is 2. The van der Waals surface area contributed by atoms with Gasteiger partial charge in [-0.3, -0.25) is 0 Å². The number of benzene rings is 2. The van der Waals surface area contributed by atoms with E-state index in [1.165, 1.54) is 12.1 Å². The Hall–Kier alpha value is -2.74. The van der Waals surface area contributed by atoms with Crippen LogP contribution in [0.2, 0.25) is 5.02 Å². The minimum Gasteiger partial charge on any atom is -0.246 e. The average molecular weight is 398 g/mol.